The fraction of sp³-hybridized carbons (Fsp3) is 0.214. The maximum atomic E-state index is 13.6. The number of anilines is 1. The van der Waals surface area contributed by atoms with Crippen molar-refractivity contribution in [1.82, 2.24) is 15.3 Å². The number of rotatable bonds is 5. The minimum atomic E-state index is -0.507. The Bertz CT molecular complexity index is 1320. The van der Waals surface area contributed by atoms with Crippen molar-refractivity contribution >= 4 is 17.5 Å². The van der Waals surface area contributed by atoms with Crippen LogP contribution in [0.25, 0.3) is 0 Å². The second-order valence-corrected chi connectivity index (χ2v) is 8.75. The van der Waals surface area contributed by atoms with E-state index in [1.807, 2.05) is 49.4 Å². The normalized spacial score (nSPS) is 19.7. The van der Waals surface area contributed by atoms with Crippen molar-refractivity contribution < 1.29 is 14.3 Å². The lowest BCUT2D eigenvalue weighted by Crippen LogP contribution is -2.37. The van der Waals surface area contributed by atoms with Crippen LogP contribution in [0.2, 0.25) is 0 Å². The molecule has 2 atom stereocenters. The molecule has 2 aliphatic rings. The predicted octanol–water partition coefficient (Wildman–Crippen LogP) is 4.49. The van der Waals surface area contributed by atoms with E-state index in [-0.39, 0.29) is 17.6 Å². The lowest BCUT2D eigenvalue weighted by molar-refractivity contribution is -0.116. The minimum absolute atomic E-state index is 0.0315. The van der Waals surface area contributed by atoms with Gasteiger partial charge in [-0.05, 0) is 60.7 Å². The molecule has 1 aliphatic carbocycles. The van der Waals surface area contributed by atoms with E-state index in [4.69, 9.17) is 4.74 Å². The number of dihydropyridines is 1. The van der Waals surface area contributed by atoms with Gasteiger partial charge in [0.15, 0.2) is 5.78 Å². The van der Waals surface area contributed by atoms with E-state index >= 15 is 0 Å². The van der Waals surface area contributed by atoms with Gasteiger partial charge in [0.2, 0.25) is 0 Å². The van der Waals surface area contributed by atoms with Gasteiger partial charge in [0.25, 0.3) is 5.91 Å². The summed E-state index contributed by atoms with van der Waals surface area (Å²) in [5.74, 6) is 0.518. The predicted molar refractivity (Wildman–Crippen MR) is 133 cm³/mol. The molecular weight excluding hydrogens is 440 g/mol. The number of Topliss-reactive ketones (excluding diaryl/α,β-unsaturated/α-hetero) is 1. The molecule has 2 aromatic heterocycles. The zero-order chi connectivity index (χ0) is 24.4. The Labute approximate surface area is 204 Å². The Morgan fingerprint density at radius 1 is 1.03 bits per heavy atom. The highest BCUT2D eigenvalue weighted by molar-refractivity contribution is 6.09. The lowest BCUT2D eigenvalue weighted by Gasteiger charge is -2.37. The van der Waals surface area contributed by atoms with E-state index in [9.17, 15) is 9.59 Å². The summed E-state index contributed by atoms with van der Waals surface area (Å²) in [6, 6.07) is 16.9. The van der Waals surface area contributed by atoms with Crippen LogP contribution in [0.5, 0.6) is 5.75 Å². The minimum Gasteiger partial charge on any atom is -0.497 e. The number of ether oxygens (including phenoxy) is 1. The van der Waals surface area contributed by atoms with Crippen molar-refractivity contribution in [3.05, 3.63) is 107 Å². The van der Waals surface area contributed by atoms with Crippen LogP contribution in [-0.2, 0) is 9.59 Å². The highest BCUT2D eigenvalue weighted by Gasteiger charge is 2.41. The molecule has 1 amide bonds. The molecule has 2 unspecified atom stereocenters. The second kappa shape index (κ2) is 9.54. The van der Waals surface area contributed by atoms with Crippen molar-refractivity contribution in [2.75, 3.05) is 12.4 Å². The van der Waals surface area contributed by atoms with E-state index in [0.29, 0.717) is 35.5 Å². The molecule has 3 heterocycles. The number of allylic oxidation sites excluding steroid dienone is 3. The quantitative estimate of drug-likeness (QED) is 0.576. The van der Waals surface area contributed by atoms with Crippen molar-refractivity contribution in [1.29, 1.82) is 0 Å². The lowest BCUT2D eigenvalue weighted by atomic mass is 9.72. The molecule has 0 bridgehead atoms. The number of nitrogens with zero attached hydrogens (tertiary/aromatic N) is 2. The van der Waals surface area contributed by atoms with Crippen LogP contribution >= 0.6 is 0 Å². The molecule has 1 aromatic carbocycles. The molecule has 35 heavy (non-hydrogen) atoms. The zero-order valence-electron chi connectivity index (χ0n) is 19.6. The molecule has 0 fully saturated rings. The van der Waals surface area contributed by atoms with Gasteiger partial charge in [-0.25, -0.2) is 4.98 Å². The molecule has 1 aliphatic heterocycles. The number of ketones is 1. The first-order valence-corrected chi connectivity index (χ1v) is 11.6. The molecule has 0 saturated carbocycles. The van der Waals surface area contributed by atoms with Gasteiger partial charge in [0.1, 0.15) is 11.6 Å². The number of hydrogen-bond donors (Lipinski definition) is 2. The highest BCUT2D eigenvalue weighted by Crippen LogP contribution is 2.45. The van der Waals surface area contributed by atoms with Crippen LogP contribution in [0.4, 0.5) is 5.82 Å². The van der Waals surface area contributed by atoms with Gasteiger partial charge in [0.05, 0.1) is 7.11 Å². The fourth-order valence-electron chi connectivity index (χ4n) is 4.95. The molecule has 7 nitrogen and oxygen atoms in total. The van der Waals surface area contributed by atoms with Crippen molar-refractivity contribution in [3.63, 3.8) is 0 Å². The number of pyridine rings is 2. The molecule has 0 spiro atoms. The summed E-state index contributed by atoms with van der Waals surface area (Å²) in [5, 5.41) is 6.28. The van der Waals surface area contributed by atoms with Crippen LogP contribution in [0.3, 0.4) is 0 Å². The van der Waals surface area contributed by atoms with Crippen molar-refractivity contribution in [2.24, 2.45) is 0 Å². The topological polar surface area (TPSA) is 93.2 Å². The maximum absolute atomic E-state index is 13.6. The molecule has 7 heteroatoms. The standard InChI is InChI=1S/C28H26N4O3/c1-17-25(28(34)32-24-7-3-4-13-30-24)26(19-6-5-12-29-16-19)27-22(31-17)14-20(15-23(27)33)18-8-10-21(35-2)11-9-18/h3-13,16,20,26,31H,14-15H2,1-2H3,(H,30,32,34). The first-order valence-electron chi connectivity index (χ1n) is 11.6. The summed E-state index contributed by atoms with van der Waals surface area (Å²) in [5.41, 5.74) is 4.62. The summed E-state index contributed by atoms with van der Waals surface area (Å²) in [6.45, 7) is 1.88. The van der Waals surface area contributed by atoms with Gasteiger partial charge >= 0.3 is 0 Å². The van der Waals surface area contributed by atoms with E-state index in [2.05, 4.69) is 20.6 Å². The average Bonchev–Trinajstić information content (AvgIpc) is 2.88. The number of amides is 1. The Morgan fingerprint density at radius 3 is 2.54 bits per heavy atom. The molecule has 3 aromatic rings. The van der Waals surface area contributed by atoms with Crippen LogP contribution in [0, 0.1) is 0 Å². The Hall–Kier alpha value is -4.26. The van der Waals surface area contributed by atoms with Gasteiger partial charge in [-0.3, -0.25) is 14.6 Å². The molecule has 2 N–H and O–H groups in total. The second-order valence-electron chi connectivity index (χ2n) is 8.75. The van der Waals surface area contributed by atoms with E-state index in [1.165, 1.54) is 0 Å². The third-order valence-electron chi connectivity index (χ3n) is 6.58. The summed E-state index contributed by atoms with van der Waals surface area (Å²) in [7, 11) is 1.64. The van der Waals surface area contributed by atoms with Gasteiger partial charge in [0, 0.05) is 53.5 Å². The first kappa shape index (κ1) is 22.5. The largest absolute Gasteiger partial charge is 0.497 e. The van der Waals surface area contributed by atoms with E-state index < -0.39 is 5.92 Å². The summed E-state index contributed by atoms with van der Waals surface area (Å²) < 4.78 is 5.27. The summed E-state index contributed by atoms with van der Waals surface area (Å²) >= 11 is 0. The Morgan fingerprint density at radius 2 is 1.86 bits per heavy atom. The monoisotopic (exact) mass is 466 g/mol. The number of hydrogen-bond acceptors (Lipinski definition) is 6. The highest BCUT2D eigenvalue weighted by atomic mass is 16.5. The van der Waals surface area contributed by atoms with Crippen LogP contribution in [-0.4, -0.2) is 28.8 Å². The summed E-state index contributed by atoms with van der Waals surface area (Å²) in [4.78, 5) is 35.6. The van der Waals surface area contributed by atoms with E-state index in [1.54, 1.807) is 37.8 Å². The molecule has 0 radical (unpaired) electrons. The fourth-order valence-corrected chi connectivity index (χ4v) is 4.95. The SMILES string of the molecule is COc1ccc(C2CC(=O)C3=C(C2)NC(C)=C(C(=O)Nc2ccccn2)C3c2cccnc2)cc1. The molecule has 0 saturated heterocycles. The third-order valence-corrected chi connectivity index (χ3v) is 6.58. The van der Waals surface area contributed by atoms with Crippen LogP contribution in [0.1, 0.15) is 42.7 Å². The molecular formula is C28H26N4O3. The smallest absolute Gasteiger partial charge is 0.255 e. The number of aromatic nitrogens is 2. The number of carbonyl (C=O) groups excluding carboxylic acids is 2. The molecule has 176 valence electrons. The van der Waals surface area contributed by atoms with Gasteiger partial charge in [-0.2, -0.15) is 0 Å². The van der Waals surface area contributed by atoms with Crippen molar-refractivity contribution in [2.45, 2.75) is 31.6 Å². The van der Waals surface area contributed by atoms with E-state index in [0.717, 1.165) is 22.6 Å². The molecule has 5 rings (SSSR count). The number of benzene rings is 1. The zero-order valence-corrected chi connectivity index (χ0v) is 19.6. The van der Waals surface area contributed by atoms with Crippen LogP contribution < -0.4 is 15.4 Å². The number of nitrogens with one attached hydrogen (secondary N) is 2. The third kappa shape index (κ3) is 4.45. The van der Waals surface area contributed by atoms with Gasteiger partial charge in [-0.15, -0.1) is 0 Å². The first-order chi connectivity index (χ1) is 17.0. The number of carbonyl (C=O) groups is 2. The number of methoxy groups -OCH3 is 1. The summed E-state index contributed by atoms with van der Waals surface area (Å²) in [6.07, 6.45) is 6.09. The van der Waals surface area contributed by atoms with Gasteiger partial charge < -0.3 is 15.4 Å². The Kier molecular flexibility index (Phi) is 6.14. The van der Waals surface area contributed by atoms with Crippen molar-refractivity contribution in [3.8, 4) is 5.75 Å². The maximum Gasteiger partial charge on any atom is 0.255 e. The van der Waals surface area contributed by atoms with Crippen LogP contribution in [0.15, 0.2) is 95.7 Å². The van der Waals surface area contributed by atoms with Gasteiger partial charge in [-0.1, -0.05) is 24.3 Å². The average molecular weight is 467 g/mol. The Balaban J connectivity index is 1.52.